The Labute approximate surface area is 175 Å². The van der Waals surface area contributed by atoms with Gasteiger partial charge in [-0.1, -0.05) is 47.6 Å². The monoisotopic (exact) mass is 409 g/mol. The summed E-state index contributed by atoms with van der Waals surface area (Å²) in [7, 11) is 0. The van der Waals surface area contributed by atoms with Crippen molar-refractivity contribution in [1.82, 2.24) is 5.32 Å². The fraction of sp³-hybridized carbons (Fsp3) is 0.364. The second-order valence-electron chi connectivity index (χ2n) is 7.13. The molecule has 2 aromatic carbocycles. The average Bonchev–Trinajstić information content (AvgIpc) is 2.75. The van der Waals surface area contributed by atoms with Crippen LogP contribution >= 0.6 is 0 Å². The highest BCUT2D eigenvalue weighted by Gasteiger charge is 2.25. The van der Waals surface area contributed by atoms with Gasteiger partial charge in [-0.05, 0) is 48.1 Å². The summed E-state index contributed by atoms with van der Waals surface area (Å²) in [6, 6.07) is 15.4. The molecule has 4 N–H and O–H groups in total. The third-order valence-corrected chi connectivity index (χ3v) is 4.75. The molecule has 158 valence electrons. The Balaban J connectivity index is 2.01. The SMILES string of the molecule is [N-]=[N+]=NCCCNC(=O)[C@@H](CC(=O)[C@@H](N)Cc1ccccc1)Cc1ccc(O)cc1. The molecule has 2 atom stereocenters. The van der Waals surface area contributed by atoms with E-state index in [1.165, 1.54) is 0 Å². The molecule has 0 aliphatic carbocycles. The van der Waals surface area contributed by atoms with Crippen molar-refractivity contribution < 1.29 is 14.7 Å². The maximum atomic E-state index is 12.7. The summed E-state index contributed by atoms with van der Waals surface area (Å²) in [5, 5.41) is 15.7. The summed E-state index contributed by atoms with van der Waals surface area (Å²) >= 11 is 0. The van der Waals surface area contributed by atoms with Crippen LogP contribution in [0.3, 0.4) is 0 Å². The van der Waals surface area contributed by atoms with Crippen LogP contribution in [0.2, 0.25) is 0 Å². The number of ketones is 1. The molecule has 0 heterocycles. The maximum Gasteiger partial charge on any atom is 0.223 e. The summed E-state index contributed by atoms with van der Waals surface area (Å²) in [6.07, 6.45) is 1.31. The zero-order chi connectivity index (χ0) is 21.8. The van der Waals surface area contributed by atoms with E-state index in [0.717, 1.165) is 11.1 Å². The van der Waals surface area contributed by atoms with Crippen LogP contribution in [-0.4, -0.2) is 35.9 Å². The quantitative estimate of drug-likeness (QED) is 0.214. The molecule has 2 rings (SSSR count). The number of carbonyl (C=O) groups excluding carboxylic acids is 2. The summed E-state index contributed by atoms with van der Waals surface area (Å²) in [5.74, 6) is -0.863. The molecule has 0 aliphatic heterocycles. The number of nitrogens with one attached hydrogen (secondary N) is 1. The Bertz CT molecular complexity index is 864. The van der Waals surface area contributed by atoms with Crippen LogP contribution in [0.5, 0.6) is 5.75 Å². The summed E-state index contributed by atoms with van der Waals surface area (Å²) < 4.78 is 0. The van der Waals surface area contributed by atoms with Crippen molar-refractivity contribution in [3.8, 4) is 5.75 Å². The highest BCUT2D eigenvalue weighted by Crippen LogP contribution is 2.18. The number of aromatic hydroxyl groups is 1. The van der Waals surface area contributed by atoms with Gasteiger partial charge in [0.2, 0.25) is 5.91 Å². The van der Waals surface area contributed by atoms with Crippen LogP contribution in [0.4, 0.5) is 0 Å². The lowest BCUT2D eigenvalue weighted by Crippen LogP contribution is -2.39. The van der Waals surface area contributed by atoms with Crippen molar-refractivity contribution in [2.45, 2.75) is 31.7 Å². The van der Waals surface area contributed by atoms with Crippen LogP contribution in [0.1, 0.15) is 24.0 Å². The van der Waals surface area contributed by atoms with Crippen LogP contribution in [0.25, 0.3) is 10.4 Å². The van der Waals surface area contributed by atoms with Gasteiger partial charge in [-0.2, -0.15) is 0 Å². The largest absolute Gasteiger partial charge is 0.508 e. The van der Waals surface area contributed by atoms with E-state index in [9.17, 15) is 14.7 Å². The average molecular weight is 409 g/mol. The molecule has 0 bridgehead atoms. The van der Waals surface area contributed by atoms with Crippen LogP contribution in [0, 0.1) is 5.92 Å². The van der Waals surface area contributed by atoms with E-state index < -0.39 is 12.0 Å². The summed E-state index contributed by atoms with van der Waals surface area (Å²) in [6.45, 7) is 0.647. The minimum Gasteiger partial charge on any atom is -0.508 e. The molecule has 0 aromatic heterocycles. The third kappa shape index (κ3) is 7.95. The Hall–Kier alpha value is -3.35. The van der Waals surface area contributed by atoms with Crippen LogP contribution < -0.4 is 11.1 Å². The van der Waals surface area contributed by atoms with Gasteiger partial charge in [0.1, 0.15) is 5.75 Å². The number of carbonyl (C=O) groups is 2. The fourth-order valence-electron chi connectivity index (χ4n) is 3.10. The van der Waals surface area contributed by atoms with Gasteiger partial charge in [-0.15, -0.1) is 0 Å². The van der Waals surface area contributed by atoms with Crippen molar-refractivity contribution in [3.05, 3.63) is 76.2 Å². The van der Waals surface area contributed by atoms with Crippen LogP contribution in [0.15, 0.2) is 59.7 Å². The first kappa shape index (κ1) is 22.9. The standard InChI is InChI=1S/C22H27N5O3/c23-20(14-16-5-2-1-3-6-16)21(29)15-18(13-17-7-9-19(28)10-8-17)22(30)25-11-4-12-26-27-24/h1-3,5-10,18,20,28H,4,11-15,23H2,(H,25,30)/t18-,20+/m1/s1. The van der Waals surface area contributed by atoms with E-state index in [2.05, 4.69) is 15.3 Å². The topological polar surface area (TPSA) is 141 Å². The van der Waals surface area contributed by atoms with Gasteiger partial charge in [0, 0.05) is 30.3 Å². The predicted octanol–water partition coefficient (Wildman–Crippen LogP) is 2.90. The normalized spacial score (nSPS) is 12.4. The molecule has 0 saturated carbocycles. The highest BCUT2D eigenvalue weighted by molar-refractivity contribution is 5.90. The van der Waals surface area contributed by atoms with Gasteiger partial charge in [0.05, 0.1) is 6.04 Å². The number of phenolic OH excluding ortho intramolecular Hbond substituents is 1. The zero-order valence-corrected chi connectivity index (χ0v) is 16.8. The number of hydrogen-bond donors (Lipinski definition) is 3. The first-order valence-corrected chi connectivity index (χ1v) is 9.88. The molecule has 8 heteroatoms. The van der Waals surface area contributed by atoms with Gasteiger partial charge in [-0.3, -0.25) is 9.59 Å². The number of hydrogen-bond acceptors (Lipinski definition) is 5. The summed E-state index contributed by atoms with van der Waals surface area (Å²) in [5.41, 5.74) is 16.2. The van der Waals surface area contributed by atoms with Gasteiger partial charge >= 0.3 is 0 Å². The van der Waals surface area contributed by atoms with Crippen molar-refractivity contribution >= 4 is 11.7 Å². The minimum atomic E-state index is -0.688. The number of nitrogens with two attached hydrogens (primary N) is 1. The Morgan fingerprint density at radius 3 is 2.40 bits per heavy atom. The Morgan fingerprint density at radius 2 is 1.73 bits per heavy atom. The first-order chi connectivity index (χ1) is 14.5. The molecular formula is C22H27N5O3. The van der Waals surface area contributed by atoms with Crippen molar-refractivity contribution in [2.24, 2.45) is 16.8 Å². The Morgan fingerprint density at radius 1 is 1.07 bits per heavy atom. The number of benzene rings is 2. The second-order valence-corrected chi connectivity index (χ2v) is 7.13. The lowest BCUT2D eigenvalue weighted by molar-refractivity contribution is -0.129. The molecular weight excluding hydrogens is 382 g/mol. The molecule has 8 nitrogen and oxygen atoms in total. The molecule has 30 heavy (non-hydrogen) atoms. The first-order valence-electron chi connectivity index (χ1n) is 9.88. The smallest absolute Gasteiger partial charge is 0.223 e. The number of rotatable bonds is 12. The third-order valence-electron chi connectivity index (χ3n) is 4.75. The van der Waals surface area contributed by atoms with Gasteiger partial charge in [0.15, 0.2) is 5.78 Å². The maximum absolute atomic E-state index is 12.7. The number of amides is 1. The minimum absolute atomic E-state index is 0.0249. The molecule has 0 radical (unpaired) electrons. The fourth-order valence-corrected chi connectivity index (χ4v) is 3.10. The predicted molar refractivity (Wildman–Crippen MR) is 115 cm³/mol. The van der Waals surface area contributed by atoms with Gasteiger partial charge < -0.3 is 16.2 Å². The highest BCUT2D eigenvalue weighted by atomic mass is 16.3. The lowest BCUT2D eigenvalue weighted by atomic mass is 9.90. The van der Waals surface area contributed by atoms with Crippen molar-refractivity contribution in [3.63, 3.8) is 0 Å². The zero-order valence-electron chi connectivity index (χ0n) is 16.8. The van der Waals surface area contributed by atoms with E-state index >= 15 is 0 Å². The van der Waals surface area contributed by atoms with Crippen molar-refractivity contribution in [2.75, 3.05) is 13.1 Å². The van der Waals surface area contributed by atoms with Gasteiger partial charge in [-0.25, -0.2) is 0 Å². The molecule has 2 aromatic rings. The van der Waals surface area contributed by atoms with E-state index in [4.69, 9.17) is 11.3 Å². The second kappa shape index (κ2) is 12.3. The number of nitrogens with zero attached hydrogens (tertiary/aromatic N) is 3. The molecule has 1 amide bonds. The van der Waals surface area contributed by atoms with E-state index in [-0.39, 0.29) is 23.9 Å². The van der Waals surface area contributed by atoms with E-state index in [0.29, 0.717) is 32.4 Å². The number of phenols is 1. The van der Waals surface area contributed by atoms with E-state index in [1.807, 2.05) is 30.3 Å². The summed E-state index contributed by atoms with van der Waals surface area (Å²) in [4.78, 5) is 28.1. The molecule has 0 unspecified atom stereocenters. The lowest BCUT2D eigenvalue weighted by Gasteiger charge is -2.19. The van der Waals surface area contributed by atoms with Crippen LogP contribution in [-0.2, 0) is 22.4 Å². The molecule has 0 saturated heterocycles. The molecule has 0 aliphatic rings. The molecule has 0 spiro atoms. The number of azide groups is 1. The Kier molecular flexibility index (Phi) is 9.37. The molecule has 0 fully saturated rings. The van der Waals surface area contributed by atoms with E-state index in [1.54, 1.807) is 24.3 Å². The van der Waals surface area contributed by atoms with Gasteiger partial charge in [0.25, 0.3) is 0 Å². The van der Waals surface area contributed by atoms with Crippen molar-refractivity contribution in [1.29, 1.82) is 0 Å². The number of Topliss-reactive ketones (excluding diaryl/α,β-unsaturated/α-hetero) is 1.